The van der Waals surface area contributed by atoms with Crippen LogP contribution in [0.15, 0.2) is 24.3 Å². The Kier molecular flexibility index (Phi) is 2.97. The van der Waals surface area contributed by atoms with Crippen molar-refractivity contribution in [1.82, 2.24) is 0 Å². The molecule has 1 amide bonds. The minimum atomic E-state index is -1.01. The number of rotatable bonds is 2. The maximum absolute atomic E-state index is 10.6. The number of amides is 1. The van der Waals surface area contributed by atoms with Crippen LogP contribution < -0.4 is 10.5 Å². The molecular formula is C8H10N2O3. The molecule has 0 bridgehead atoms. The van der Waals surface area contributed by atoms with Crippen LogP contribution in [-0.4, -0.2) is 11.1 Å². The van der Waals surface area contributed by atoms with Crippen molar-refractivity contribution in [3.63, 3.8) is 0 Å². The number of anilines is 1. The first-order valence-corrected chi connectivity index (χ1v) is 3.70. The van der Waals surface area contributed by atoms with Gasteiger partial charge in [0.2, 0.25) is 5.91 Å². The Hall–Kier alpha value is -1.43. The van der Waals surface area contributed by atoms with E-state index in [2.05, 4.69) is 5.32 Å². The first kappa shape index (κ1) is 9.66. The van der Waals surface area contributed by atoms with Crippen molar-refractivity contribution in [1.29, 1.82) is 0 Å². The van der Waals surface area contributed by atoms with Crippen molar-refractivity contribution in [3.8, 4) is 0 Å². The molecule has 1 rings (SSSR count). The van der Waals surface area contributed by atoms with E-state index in [1.807, 2.05) is 0 Å². The zero-order valence-corrected chi connectivity index (χ0v) is 7.07. The van der Waals surface area contributed by atoms with Crippen LogP contribution in [0.5, 0.6) is 0 Å². The summed E-state index contributed by atoms with van der Waals surface area (Å²) in [5.41, 5.74) is 0.652. The van der Waals surface area contributed by atoms with Gasteiger partial charge in [-0.25, -0.2) is 5.21 Å². The summed E-state index contributed by atoms with van der Waals surface area (Å²) in [6.45, 7) is 1.37. The molecule has 3 N–H and O–H groups in total. The molecule has 1 aromatic carbocycles. The third-order valence-corrected chi connectivity index (χ3v) is 1.43. The molecule has 0 fully saturated rings. The standard InChI is InChI=1S/C8H10N2O3/c1-6(11)9-7-3-2-4-8(5-7)10(12)13/h2-5,10,12H,1H3,(H,9,11). The van der Waals surface area contributed by atoms with Crippen LogP contribution >= 0.6 is 0 Å². The highest BCUT2D eigenvalue weighted by atomic mass is 16.8. The maximum Gasteiger partial charge on any atom is 0.221 e. The monoisotopic (exact) mass is 182 g/mol. The Morgan fingerprint density at radius 1 is 1.62 bits per heavy atom. The van der Waals surface area contributed by atoms with E-state index < -0.39 is 5.23 Å². The van der Waals surface area contributed by atoms with Gasteiger partial charge in [-0.15, -0.1) is 0 Å². The van der Waals surface area contributed by atoms with Gasteiger partial charge in [0.15, 0.2) is 5.69 Å². The van der Waals surface area contributed by atoms with Gasteiger partial charge in [-0.05, 0) is 6.07 Å². The first-order chi connectivity index (χ1) is 6.09. The van der Waals surface area contributed by atoms with Crippen molar-refractivity contribution in [2.45, 2.75) is 6.92 Å². The second-order valence-corrected chi connectivity index (χ2v) is 2.57. The molecule has 5 heteroatoms. The Morgan fingerprint density at radius 2 is 2.31 bits per heavy atom. The maximum atomic E-state index is 10.6. The predicted octanol–water partition coefficient (Wildman–Crippen LogP) is 0.0484. The van der Waals surface area contributed by atoms with Gasteiger partial charge >= 0.3 is 0 Å². The summed E-state index contributed by atoms with van der Waals surface area (Å²) in [6, 6.07) is 6.08. The van der Waals surface area contributed by atoms with Gasteiger partial charge < -0.3 is 10.5 Å². The van der Waals surface area contributed by atoms with E-state index in [1.165, 1.54) is 19.1 Å². The van der Waals surface area contributed by atoms with Gasteiger partial charge in [-0.2, -0.15) is 5.23 Å². The van der Waals surface area contributed by atoms with E-state index in [0.717, 1.165) is 0 Å². The molecule has 0 aromatic heterocycles. The summed E-state index contributed by atoms with van der Waals surface area (Å²) in [5.74, 6) is -0.220. The van der Waals surface area contributed by atoms with Gasteiger partial charge in [-0.1, -0.05) is 6.07 Å². The van der Waals surface area contributed by atoms with E-state index >= 15 is 0 Å². The molecule has 1 aromatic rings. The number of quaternary nitrogens is 1. The van der Waals surface area contributed by atoms with Gasteiger partial charge in [0, 0.05) is 24.7 Å². The van der Waals surface area contributed by atoms with Gasteiger partial charge in [0.25, 0.3) is 0 Å². The molecule has 70 valence electrons. The lowest BCUT2D eigenvalue weighted by Gasteiger charge is -2.12. The molecule has 0 spiro atoms. The summed E-state index contributed by atoms with van der Waals surface area (Å²) in [4.78, 5) is 10.6. The molecule has 0 saturated carbocycles. The summed E-state index contributed by atoms with van der Waals surface area (Å²) in [5, 5.41) is 20.6. The summed E-state index contributed by atoms with van der Waals surface area (Å²) in [6.07, 6.45) is 0. The fraction of sp³-hybridized carbons (Fsp3) is 0.125. The highest BCUT2D eigenvalue weighted by Gasteiger charge is 2.01. The Labute approximate surface area is 75.1 Å². The predicted molar refractivity (Wildman–Crippen MR) is 46.5 cm³/mol. The smallest absolute Gasteiger partial charge is 0.221 e. The minimum absolute atomic E-state index is 0.159. The van der Waals surface area contributed by atoms with Crippen LogP contribution in [0.25, 0.3) is 0 Å². The fourth-order valence-electron chi connectivity index (χ4n) is 0.933. The Balaban J connectivity index is 2.85. The summed E-state index contributed by atoms with van der Waals surface area (Å²) in [7, 11) is 0. The molecule has 0 radical (unpaired) electrons. The summed E-state index contributed by atoms with van der Waals surface area (Å²) >= 11 is 0. The van der Waals surface area contributed by atoms with E-state index in [1.54, 1.807) is 12.1 Å². The Morgan fingerprint density at radius 3 is 2.85 bits per heavy atom. The topological polar surface area (TPSA) is 76.8 Å². The molecule has 1 atom stereocenters. The zero-order chi connectivity index (χ0) is 9.84. The number of carbonyl (C=O) groups is 1. The van der Waals surface area contributed by atoms with Crippen LogP contribution in [0.2, 0.25) is 0 Å². The third-order valence-electron chi connectivity index (χ3n) is 1.43. The molecule has 0 saturated heterocycles. The molecule has 1 unspecified atom stereocenters. The van der Waals surface area contributed by atoms with Crippen molar-refractivity contribution in [2.75, 3.05) is 5.32 Å². The van der Waals surface area contributed by atoms with Crippen LogP contribution in [0.3, 0.4) is 0 Å². The zero-order valence-electron chi connectivity index (χ0n) is 7.07. The molecular weight excluding hydrogens is 172 g/mol. The van der Waals surface area contributed by atoms with Crippen LogP contribution in [0.1, 0.15) is 6.92 Å². The van der Waals surface area contributed by atoms with Crippen LogP contribution in [0.4, 0.5) is 11.4 Å². The van der Waals surface area contributed by atoms with Gasteiger partial charge in [0.05, 0.1) is 0 Å². The number of nitrogens with one attached hydrogen (secondary N) is 2. The van der Waals surface area contributed by atoms with E-state index in [0.29, 0.717) is 5.69 Å². The van der Waals surface area contributed by atoms with Gasteiger partial charge in [-0.3, -0.25) is 4.79 Å². The molecule has 0 aliphatic carbocycles. The van der Waals surface area contributed by atoms with Crippen LogP contribution in [0, 0.1) is 5.21 Å². The van der Waals surface area contributed by atoms with Crippen molar-refractivity contribution >= 4 is 17.3 Å². The summed E-state index contributed by atoms with van der Waals surface area (Å²) < 4.78 is 0. The first-order valence-electron chi connectivity index (χ1n) is 3.70. The Bertz CT molecular complexity index is 312. The number of benzene rings is 1. The number of carbonyl (C=O) groups excluding carboxylic acids is 1. The lowest BCUT2D eigenvalue weighted by atomic mass is 10.3. The lowest BCUT2D eigenvalue weighted by molar-refractivity contribution is -0.991. The van der Waals surface area contributed by atoms with E-state index in [9.17, 15) is 10.0 Å². The second kappa shape index (κ2) is 3.99. The lowest BCUT2D eigenvalue weighted by Crippen LogP contribution is -2.99. The van der Waals surface area contributed by atoms with Crippen LogP contribution in [-0.2, 0) is 4.79 Å². The number of hydrogen-bond acceptors (Lipinski definition) is 3. The molecule has 5 nitrogen and oxygen atoms in total. The van der Waals surface area contributed by atoms with Crippen molar-refractivity contribution in [3.05, 3.63) is 29.5 Å². The fourth-order valence-corrected chi connectivity index (χ4v) is 0.933. The average molecular weight is 182 g/mol. The quantitative estimate of drug-likeness (QED) is 0.565. The highest BCUT2D eigenvalue weighted by Crippen LogP contribution is 2.10. The molecule has 0 heterocycles. The van der Waals surface area contributed by atoms with Gasteiger partial charge in [0.1, 0.15) is 0 Å². The molecule has 0 aliphatic heterocycles. The second-order valence-electron chi connectivity index (χ2n) is 2.57. The minimum Gasteiger partial charge on any atom is -0.595 e. The van der Waals surface area contributed by atoms with E-state index in [-0.39, 0.29) is 11.6 Å². The number of hydrogen-bond donors (Lipinski definition) is 3. The van der Waals surface area contributed by atoms with Crippen molar-refractivity contribution in [2.24, 2.45) is 0 Å². The highest BCUT2D eigenvalue weighted by molar-refractivity contribution is 5.88. The average Bonchev–Trinajstić information content (AvgIpc) is 2.03. The normalized spacial score (nSPS) is 12.2. The largest absolute Gasteiger partial charge is 0.595 e. The SMILES string of the molecule is CC(=O)Nc1cccc([NH+]([O-])O)c1. The third kappa shape index (κ3) is 2.83. The molecule has 13 heavy (non-hydrogen) atoms. The van der Waals surface area contributed by atoms with E-state index in [4.69, 9.17) is 5.21 Å². The van der Waals surface area contributed by atoms with Crippen molar-refractivity contribution < 1.29 is 15.2 Å². The molecule has 0 aliphatic rings.